The molecule has 1 aliphatic rings. The van der Waals surface area contributed by atoms with Crippen LogP contribution in [0, 0.1) is 6.92 Å². The molecule has 2 aromatic rings. The summed E-state index contributed by atoms with van der Waals surface area (Å²) in [4.78, 5) is 11.2. The van der Waals surface area contributed by atoms with Crippen LogP contribution in [0.4, 0.5) is 0 Å². The van der Waals surface area contributed by atoms with Crippen LogP contribution < -0.4 is 4.74 Å². The fourth-order valence-electron chi connectivity index (χ4n) is 2.35. The summed E-state index contributed by atoms with van der Waals surface area (Å²) in [5, 5.41) is 16.9. The topological polar surface area (TPSA) is 77.2 Å². The molecule has 1 N–H and O–H groups in total. The van der Waals surface area contributed by atoms with E-state index in [0.29, 0.717) is 13.2 Å². The third-order valence-corrected chi connectivity index (χ3v) is 3.50. The van der Waals surface area contributed by atoms with E-state index >= 15 is 0 Å². The molecule has 0 saturated heterocycles. The number of aromatic carboxylic acids is 1. The van der Waals surface area contributed by atoms with Gasteiger partial charge < -0.3 is 9.84 Å². The molecular weight excluding hydrogens is 270 g/mol. The fraction of sp³-hybridized carbons (Fsp3) is 0.400. The lowest BCUT2D eigenvalue weighted by Crippen LogP contribution is -2.13. The first-order chi connectivity index (χ1) is 10.1. The maximum Gasteiger partial charge on any atom is 0.358 e. The average molecular weight is 287 g/mol. The first-order valence-corrected chi connectivity index (χ1v) is 7.01. The van der Waals surface area contributed by atoms with E-state index in [1.54, 1.807) is 4.68 Å². The Morgan fingerprint density at radius 2 is 2.29 bits per heavy atom. The molecule has 1 aromatic carbocycles. The number of carboxylic acids is 1. The number of hydrogen-bond acceptors (Lipinski definition) is 4. The summed E-state index contributed by atoms with van der Waals surface area (Å²) < 4.78 is 7.34. The van der Waals surface area contributed by atoms with E-state index in [9.17, 15) is 4.79 Å². The zero-order chi connectivity index (χ0) is 14.8. The van der Waals surface area contributed by atoms with Gasteiger partial charge in [0.15, 0.2) is 5.69 Å². The number of hydrogen-bond donors (Lipinski definition) is 1. The van der Waals surface area contributed by atoms with Gasteiger partial charge in [0.1, 0.15) is 12.4 Å². The van der Waals surface area contributed by atoms with Gasteiger partial charge in [-0.2, -0.15) is 0 Å². The number of nitrogens with zero attached hydrogens (tertiary/aromatic N) is 3. The third kappa shape index (κ3) is 3.04. The van der Waals surface area contributed by atoms with Gasteiger partial charge in [0, 0.05) is 5.92 Å². The molecule has 1 saturated carbocycles. The molecule has 1 aromatic heterocycles. The zero-order valence-electron chi connectivity index (χ0n) is 11.8. The van der Waals surface area contributed by atoms with E-state index in [4.69, 9.17) is 9.84 Å². The number of ether oxygens (including phenoxy) is 1. The van der Waals surface area contributed by atoms with Crippen LogP contribution in [0.5, 0.6) is 5.75 Å². The van der Waals surface area contributed by atoms with Crippen LogP contribution in [-0.2, 0) is 6.54 Å². The molecule has 0 unspecified atom stereocenters. The van der Waals surface area contributed by atoms with Crippen LogP contribution in [0.2, 0.25) is 0 Å². The summed E-state index contributed by atoms with van der Waals surface area (Å²) in [6.07, 6.45) is 2.01. The Balaban J connectivity index is 1.67. The van der Waals surface area contributed by atoms with Crippen molar-refractivity contribution in [2.45, 2.75) is 32.2 Å². The molecule has 0 radical (unpaired) electrons. The standard InChI is InChI=1S/C15H17N3O3/c1-10-3-2-4-12(9-10)21-8-7-18-14(11-5-6-11)13(15(19)20)16-17-18/h2-4,9,11H,5-8H2,1H3,(H,19,20). The van der Waals surface area contributed by atoms with Gasteiger partial charge >= 0.3 is 5.97 Å². The van der Waals surface area contributed by atoms with Crippen LogP contribution in [0.3, 0.4) is 0 Å². The van der Waals surface area contributed by atoms with Gasteiger partial charge in [-0.1, -0.05) is 17.3 Å². The second-order valence-electron chi connectivity index (χ2n) is 5.29. The van der Waals surface area contributed by atoms with Gasteiger partial charge in [0.25, 0.3) is 0 Å². The van der Waals surface area contributed by atoms with Gasteiger partial charge in [-0.25, -0.2) is 9.48 Å². The van der Waals surface area contributed by atoms with Crippen molar-refractivity contribution in [3.8, 4) is 5.75 Å². The summed E-state index contributed by atoms with van der Waals surface area (Å²) in [5.74, 6) is 0.0781. The second-order valence-corrected chi connectivity index (χ2v) is 5.29. The van der Waals surface area contributed by atoms with Gasteiger partial charge in [-0.05, 0) is 37.5 Å². The highest BCUT2D eigenvalue weighted by Crippen LogP contribution is 2.41. The second kappa shape index (κ2) is 5.55. The number of aromatic nitrogens is 3. The van der Waals surface area contributed by atoms with Gasteiger partial charge in [0.05, 0.1) is 12.2 Å². The van der Waals surface area contributed by atoms with Crippen LogP contribution in [0.15, 0.2) is 24.3 Å². The minimum atomic E-state index is -1.01. The van der Waals surface area contributed by atoms with Crippen molar-refractivity contribution >= 4 is 5.97 Å². The van der Waals surface area contributed by atoms with E-state index in [-0.39, 0.29) is 11.6 Å². The fourth-order valence-corrected chi connectivity index (χ4v) is 2.35. The van der Waals surface area contributed by atoms with Crippen molar-refractivity contribution in [3.63, 3.8) is 0 Å². The molecule has 0 spiro atoms. The highest BCUT2D eigenvalue weighted by Gasteiger charge is 2.33. The van der Waals surface area contributed by atoms with Gasteiger partial charge in [-0.15, -0.1) is 5.10 Å². The molecule has 1 aliphatic carbocycles. The molecule has 0 atom stereocenters. The Morgan fingerprint density at radius 3 is 2.95 bits per heavy atom. The molecule has 0 aliphatic heterocycles. The Labute approximate surface area is 122 Å². The molecule has 1 heterocycles. The average Bonchev–Trinajstić information content (AvgIpc) is 3.19. The van der Waals surface area contributed by atoms with Crippen molar-refractivity contribution in [1.29, 1.82) is 0 Å². The van der Waals surface area contributed by atoms with Crippen molar-refractivity contribution in [3.05, 3.63) is 41.2 Å². The lowest BCUT2D eigenvalue weighted by atomic mass is 10.2. The molecule has 0 bridgehead atoms. The summed E-state index contributed by atoms with van der Waals surface area (Å²) in [7, 11) is 0. The van der Waals surface area contributed by atoms with Crippen molar-refractivity contribution in [1.82, 2.24) is 15.0 Å². The molecule has 0 amide bonds. The van der Waals surface area contributed by atoms with E-state index in [1.165, 1.54) is 0 Å². The minimum Gasteiger partial charge on any atom is -0.492 e. The molecule has 1 fully saturated rings. The lowest BCUT2D eigenvalue weighted by Gasteiger charge is -2.08. The van der Waals surface area contributed by atoms with E-state index in [0.717, 1.165) is 29.8 Å². The van der Waals surface area contributed by atoms with Gasteiger partial charge in [-0.3, -0.25) is 0 Å². The Bertz CT molecular complexity index is 662. The summed E-state index contributed by atoms with van der Waals surface area (Å²) in [6, 6.07) is 7.82. The largest absolute Gasteiger partial charge is 0.492 e. The predicted molar refractivity (Wildman–Crippen MR) is 75.6 cm³/mol. The third-order valence-electron chi connectivity index (χ3n) is 3.50. The number of aryl methyl sites for hydroxylation is 1. The number of carboxylic acid groups (broad SMARTS) is 1. The molecule has 3 rings (SSSR count). The SMILES string of the molecule is Cc1cccc(OCCn2nnc(C(=O)O)c2C2CC2)c1. The highest BCUT2D eigenvalue weighted by molar-refractivity contribution is 5.86. The van der Waals surface area contributed by atoms with Crippen molar-refractivity contribution in [2.24, 2.45) is 0 Å². The smallest absolute Gasteiger partial charge is 0.358 e. The van der Waals surface area contributed by atoms with E-state index in [2.05, 4.69) is 10.3 Å². The Hall–Kier alpha value is -2.37. The van der Waals surface area contributed by atoms with Crippen LogP contribution in [-0.4, -0.2) is 32.7 Å². The van der Waals surface area contributed by atoms with Crippen molar-refractivity contribution in [2.75, 3.05) is 6.61 Å². The lowest BCUT2D eigenvalue weighted by molar-refractivity contribution is 0.0689. The van der Waals surface area contributed by atoms with Crippen LogP contribution in [0.1, 0.15) is 40.5 Å². The molecule has 110 valence electrons. The maximum atomic E-state index is 11.2. The predicted octanol–water partition coefficient (Wildman–Crippen LogP) is 2.24. The van der Waals surface area contributed by atoms with Gasteiger partial charge in [0.2, 0.25) is 0 Å². The molecule has 6 heteroatoms. The summed E-state index contributed by atoms with van der Waals surface area (Å²) in [6.45, 7) is 2.94. The monoisotopic (exact) mass is 287 g/mol. The number of carbonyl (C=O) groups is 1. The Morgan fingerprint density at radius 1 is 1.48 bits per heavy atom. The number of rotatable bonds is 6. The quantitative estimate of drug-likeness (QED) is 0.881. The van der Waals surface area contributed by atoms with Crippen LogP contribution >= 0.6 is 0 Å². The van der Waals surface area contributed by atoms with E-state index < -0.39 is 5.97 Å². The normalized spacial score (nSPS) is 14.1. The van der Waals surface area contributed by atoms with Crippen LogP contribution in [0.25, 0.3) is 0 Å². The minimum absolute atomic E-state index is 0.0769. The maximum absolute atomic E-state index is 11.2. The molecule has 21 heavy (non-hydrogen) atoms. The zero-order valence-corrected chi connectivity index (χ0v) is 11.8. The highest BCUT2D eigenvalue weighted by atomic mass is 16.5. The molecular formula is C15H17N3O3. The summed E-state index contributed by atoms with van der Waals surface area (Å²) in [5.41, 5.74) is 1.95. The first kappa shape index (κ1) is 13.6. The van der Waals surface area contributed by atoms with Crippen molar-refractivity contribution < 1.29 is 14.6 Å². The Kier molecular flexibility index (Phi) is 3.60. The first-order valence-electron chi connectivity index (χ1n) is 7.01. The summed E-state index contributed by atoms with van der Waals surface area (Å²) >= 11 is 0. The molecule has 6 nitrogen and oxygen atoms in total. The number of benzene rings is 1. The van der Waals surface area contributed by atoms with E-state index in [1.807, 2.05) is 31.2 Å².